The van der Waals surface area contributed by atoms with Crippen molar-refractivity contribution in [2.24, 2.45) is 28.9 Å². The van der Waals surface area contributed by atoms with Crippen LogP contribution in [-0.4, -0.2) is 101 Å². The van der Waals surface area contributed by atoms with Crippen LogP contribution in [0.1, 0.15) is 76.3 Å². The van der Waals surface area contributed by atoms with Gasteiger partial charge in [0.05, 0.1) is 45.7 Å². The van der Waals surface area contributed by atoms with Gasteiger partial charge >= 0.3 is 0 Å². The number of ether oxygens (including phenoxy) is 4. The van der Waals surface area contributed by atoms with Crippen molar-refractivity contribution in [3.05, 3.63) is 29.3 Å². The lowest BCUT2D eigenvalue weighted by molar-refractivity contribution is -0.124. The van der Waals surface area contributed by atoms with E-state index in [2.05, 4.69) is 35.3 Å². The van der Waals surface area contributed by atoms with Gasteiger partial charge in [-0.1, -0.05) is 26.8 Å². The van der Waals surface area contributed by atoms with Crippen molar-refractivity contribution in [2.45, 2.75) is 77.7 Å². The zero-order valence-corrected chi connectivity index (χ0v) is 27.6. The average Bonchev–Trinajstić information content (AvgIpc) is 3.37. The standard InChI is InChI=1S/C35H59N3O6/c1-4-35-12-11-30-29-8-6-28(25-27(29)5-7-31(30)32(35)9-10-33(35)39)44-24-23-43-22-21-42-20-19-41-18-17-38(15-13-36)16-14-37-34(40)26(2)3/h6,8,25-26,30-33,39H,4-5,7,9-24,36H2,1-3H3,(H,37,40)/t30-,31?,32+,33?,35?/m1/s1. The third kappa shape index (κ3) is 9.17. The first kappa shape index (κ1) is 35.1. The highest BCUT2D eigenvalue weighted by Crippen LogP contribution is 2.62. The van der Waals surface area contributed by atoms with E-state index in [0.29, 0.717) is 71.2 Å². The van der Waals surface area contributed by atoms with Gasteiger partial charge in [-0.3, -0.25) is 9.69 Å². The summed E-state index contributed by atoms with van der Waals surface area (Å²) in [5.41, 5.74) is 8.86. The summed E-state index contributed by atoms with van der Waals surface area (Å²) in [6.45, 7) is 13.3. The minimum absolute atomic E-state index is 0.00316. The number of amides is 1. The molecule has 250 valence electrons. The molecule has 5 atom stereocenters. The van der Waals surface area contributed by atoms with Crippen molar-refractivity contribution >= 4 is 5.91 Å². The third-order valence-corrected chi connectivity index (χ3v) is 10.5. The molecular weight excluding hydrogens is 558 g/mol. The summed E-state index contributed by atoms with van der Waals surface area (Å²) < 4.78 is 23.1. The van der Waals surface area contributed by atoms with Crippen LogP contribution >= 0.6 is 0 Å². The molecule has 0 heterocycles. The van der Waals surface area contributed by atoms with Crippen molar-refractivity contribution in [3.63, 3.8) is 0 Å². The molecule has 0 radical (unpaired) electrons. The lowest BCUT2D eigenvalue weighted by atomic mass is 9.54. The van der Waals surface area contributed by atoms with E-state index in [-0.39, 0.29) is 23.3 Å². The van der Waals surface area contributed by atoms with Gasteiger partial charge in [0.15, 0.2) is 0 Å². The first-order chi connectivity index (χ1) is 21.4. The van der Waals surface area contributed by atoms with Gasteiger partial charge < -0.3 is 35.1 Å². The van der Waals surface area contributed by atoms with Crippen LogP contribution in [0, 0.1) is 23.2 Å². The number of fused-ring (bicyclic) bond motifs is 5. The lowest BCUT2D eigenvalue weighted by Crippen LogP contribution is -2.45. The SMILES string of the molecule is CCC12CC[C@@H]3c4ccc(OCCOCCOCCOCCN(CCN)CCNC(=O)C(C)C)cc4CCC3[C@@H]1CCC2O. The second-order valence-electron chi connectivity index (χ2n) is 13.3. The van der Waals surface area contributed by atoms with Crippen LogP contribution in [0.3, 0.4) is 0 Å². The minimum Gasteiger partial charge on any atom is -0.491 e. The number of hydrogen-bond donors (Lipinski definition) is 3. The summed E-state index contributed by atoms with van der Waals surface area (Å²) in [4.78, 5) is 13.9. The summed E-state index contributed by atoms with van der Waals surface area (Å²) in [7, 11) is 0. The van der Waals surface area contributed by atoms with Gasteiger partial charge in [-0.25, -0.2) is 0 Å². The smallest absolute Gasteiger partial charge is 0.222 e. The Kier molecular flexibility index (Phi) is 14.2. The average molecular weight is 618 g/mol. The number of carbonyl (C=O) groups excluding carboxylic acids is 1. The van der Waals surface area contributed by atoms with E-state index in [9.17, 15) is 9.90 Å². The van der Waals surface area contributed by atoms with Crippen LogP contribution in [0.15, 0.2) is 18.2 Å². The molecule has 1 aromatic rings. The summed E-state index contributed by atoms with van der Waals surface area (Å²) >= 11 is 0. The number of nitrogens with one attached hydrogen (secondary N) is 1. The number of aliphatic hydroxyl groups is 1. The maximum atomic E-state index is 11.7. The number of aryl methyl sites for hydroxylation is 1. The fourth-order valence-electron chi connectivity index (χ4n) is 8.12. The first-order valence-electron chi connectivity index (χ1n) is 17.3. The van der Waals surface area contributed by atoms with Crippen molar-refractivity contribution in [3.8, 4) is 5.75 Å². The quantitative estimate of drug-likeness (QED) is 0.190. The van der Waals surface area contributed by atoms with Crippen LogP contribution in [0.2, 0.25) is 0 Å². The number of rotatable bonds is 20. The molecule has 0 saturated heterocycles. The number of aliphatic hydroxyl groups excluding tert-OH is 1. The zero-order chi connectivity index (χ0) is 31.4. The summed E-state index contributed by atoms with van der Waals surface area (Å²) in [5, 5.41) is 13.8. The monoisotopic (exact) mass is 617 g/mol. The van der Waals surface area contributed by atoms with E-state index in [1.807, 2.05) is 13.8 Å². The Hall–Kier alpha value is -1.75. The lowest BCUT2D eigenvalue weighted by Gasteiger charge is -2.51. The van der Waals surface area contributed by atoms with E-state index < -0.39 is 0 Å². The van der Waals surface area contributed by atoms with Crippen LogP contribution in [0.25, 0.3) is 0 Å². The molecule has 0 aliphatic heterocycles. The molecule has 0 bridgehead atoms. The Balaban J connectivity index is 1.03. The maximum Gasteiger partial charge on any atom is 0.222 e. The van der Waals surface area contributed by atoms with Crippen molar-refractivity contribution in [2.75, 3.05) is 79.0 Å². The van der Waals surface area contributed by atoms with Crippen molar-refractivity contribution < 1.29 is 28.8 Å². The summed E-state index contributed by atoms with van der Waals surface area (Å²) in [5.74, 6) is 3.03. The second-order valence-corrected chi connectivity index (χ2v) is 13.3. The molecule has 0 aromatic heterocycles. The fraction of sp³-hybridized carbons (Fsp3) is 0.800. The summed E-state index contributed by atoms with van der Waals surface area (Å²) in [6, 6.07) is 6.70. The Bertz CT molecular complexity index is 1010. The molecule has 3 aliphatic carbocycles. The zero-order valence-electron chi connectivity index (χ0n) is 27.6. The first-order valence-corrected chi connectivity index (χ1v) is 17.3. The number of hydrogen-bond acceptors (Lipinski definition) is 8. The molecule has 0 spiro atoms. The fourth-order valence-corrected chi connectivity index (χ4v) is 8.12. The van der Waals surface area contributed by atoms with E-state index in [1.165, 1.54) is 30.4 Å². The molecule has 4 rings (SSSR count). The predicted octanol–water partition coefficient (Wildman–Crippen LogP) is 3.76. The van der Waals surface area contributed by atoms with E-state index >= 15 is 0 Å². The molecule has 9 heteroatoms. The highest BCUT2D eigenvalue weighted by atomic mass is 16.6. The molecule has 2 saturated carbocycles. The molecule has 3 unspecified atom stereocenters. The van der Waals surface area contributed by atoms with E-state index in [1.54, 1.807) is 0 Å². The molecular formula is C35H59N3O6. The normalized spacial score (nSPS) is 26.0. The Labute approximate surface area is 265 Å². The van der Waals surface area contributed by atoms with Crippen molar-refractivity contribution in [1.82, 2.24) is 10.2 Å². The van der Waals surface area contributed by atoms with Gasteiger partial charge in [-0.15, -0.1) is 0 Å². The highest BCUT2D eigenvalue weighted by Gasteiger charge is 2.55. The maximum absolute atomic E-state index is 11.7. The van der Waals surface area contributed by atoms with Gasteiger partial charge in [0, 0.05) is 38.6 Å². The topological polar surface area (TPSA) is 116 Å². The Morgan fingerprint density at radius 1 is 1.00 bits per heavy atom. The Morgan fingerprint density at radius 3 is 2.43 bits per heavy atom. The number of nitrogens with two attached hydrogens (primary N) is 1. The van der Waals surface area contributed by atoms with Gasteiger partial charge in [0.25, 0.3) is 0 Å². The van der Waals surface area contributed by atoms with Crippen LogP contribution in [-0.2, 0) is 25.4 Å². The molecule has 4 N–H and O–H groups in total. The highest BCUT2D eigenvalue weighted by molar-refractivity contribution is 5.77. The second kappa shape index (κ2) is 17.8. The van der Waals surface area contributed by atoms with Crippen LogP contribution in [0.4, 0.5) is 0 Å². The minimum atomic E-state index is -0.101. The van der Waals surface area contributed by atoms with E-state index in [0.717, 1.165) is 57.0 Å². The van der Waals surface area contributed by atoms with Gasteiger partial charge in [-0.05, 0) is 91.4 Å². The molecule has 9 nitrogen and oxygen atoms in total. The van der Waals surface area contributed by atoms with Gasteiger partial charge in [0.2, 0.25) is 5.91 Å². The Morgan fingerprint density at radius 2 is 1.73 bits per heavy atom. The van der Waals surface area contributed by atoms with E-state index in [4.69, 9.17) is 24.7 Å². The third-order valence-electron chi connectivity index (χ3n) is 10.5. The molecule has 3 aliphatic rings. The van der Waals surface area contributed by atoms with Crippen LogP contribution < -0.4 is 15.8 Å². The van der Waals surface area contributed by atoms with Crippen molar-refractivity contribution in [1.29, 1.82) is 0 Å². The number of benzene rings is 1. The predicted molar refractivity (Wildman–Crippen MR) is 173 cm³/mol. The molecule has 1 amide bonds. The number of carbonyl (C=O) groups is 1. The molecule has 44 heavy (non-hydrogen) atoms. The number of nitrogens with zero attached hydrogens (tertiary/aromatic N) is 1. The van der Waals surface area contributed by atoms with Crippen LogP contribution in [0.5, 0.6) is 5.75 Å². The summed E-state index contributed by atoms with van der Waals surface area (Å²) in [6.07, 6.45) is 7.92. The molecule has 2 fully saturated rings. The largest absolute Gasteiger partial charge is 0.491 e. The molecule has 1 aromatic carbocycles. The van der Waals surface area contributed by atoms with Gasteiger partial charge in [0.1, 0.15) is 12.4 Å². The van der Waals surface area contributed by atoms with Gasteiger partial charge in [-0.2, -0.15) is 0 Å².